The first-order chi connectivity index (χ1) is 14.0. The molecule has 1 atom stereocenters. The number of anilines is 1. The number of nitrogens with zero attached hydrogens (tertiary/aromatic N) is 3. The fourth-order valence-electron chi connectivity index (χ4n) is 3.33. The third kappa shape index (κ3) is 5.39. The van der Waals surface area contributed by atoms with Crippen LogP contribution in [0.2, 0.25) is 0 Å². The van der Waals surface area contributed by atoms with Crippen molar-refractivity contribution in [2.75, 3.05) is 24.2 Å². The molecular formula is C21H24N4O2S2. The SMILES string of the molecule is CCN(CC)C(=S)SCC(=O)Nc1ncc2c(n1)C[C@@H](c1ccccc1)CC2=O. The normalized spacial score (nSPS) is 15.5. The molecule has 0 saturated heterocycles. The molecule has 0 spiro atoms. The van der Waals surface area contributed by atoms with E-state index in [4.69, 9.17) is 12.2 Å². The van der Waals surface area contributed by atoms with Crippen molar-refractivity contribution < 1.29 is 9.59 Å². The molecule has 1 heterocycles. The molecule has 3 rings (SSSR count). The van der Waals surface area contributed by atoms with Crippen molar-refractivity contribution in [1.82, 2.24) is 14.9 Å². The Morgan fingerprint density at radius 1 is 1.24 bits per heavy atom. The molecule has 0 aliphatic heterocycles. The molecule has 1 aromatic carbocycles. The zero-order chi connectivity index (χ0) is 20.8. The van der Waals surface area contributed by atoms with Gasteiger partial charge >= 0.3 is 0 Å². The standard InChI is InChI=1S/C21H24N4O2S2/c1-3-25(4-2)21(28)29-13-19(27)24-20-22-12-16-17(23-20)10-15(11-18(16)26)14-8-6-5-7-9-14/h5-9,12,15H,3-4,10-11,13H2,1-2H3,(H,22,23,24,27)/t15-/m1/s1. The fourth-order valence-corrected chi connectivity index (χ4v) is 4.53. The number of hydrogen-bond donors (Lipinski definition) is 1. The summed E-state index contributed by atoms with van der Waals surface area (Å²) in [4.78, 5) is 35.4. The summed E-state index contributed by atoms with van der Waals surface area (Å²) in [6, 6.07) is 9.97. The first-order valence-corrected chi connectivity index (χ1v) is 11.1. The number of carbonyl (C=O) groups is 2. The molecule has 6 nitrogen and oxygen atoms in total. The topological polar surface area (TPSA) is 75.2 Å². The van der Waals surface area contributed by atoms with Gasteiger partial charge in [0.05, 0.1) is 17.0 Å². The van der Waals surface area contributed by atoms with Gasteiger partial charge in [-0.2, -0.15) is 0 Å². The van der Waals surface area contributed by atoms with Crippen LogP contribution < -0.4 is 5.32 Å². The van der Waals surface area contributed by atoms with Crippen molar-refractivity contribution in [1.29, 1.82) is 0 Å². The molecule has 1 aliphatic rings. The molecule has 152 valence electrons. The van der Waals surface area contributed by atoms with Crippen LogP contribution in [-0.4, -0.2) is 49.7 Å². The Hall–Kier alpha value is -2.32. The van der Waals surface area contributed by atoms with E-state index in [9.17, 15) is 9.59 Å². The van der Waals surface area contributed by atoms with Crippen molar-refractivity contribution in [3.05, 3.63) is 53.3 Å². The molecule has 8 heteroatoms. The highest BCUT2D eigenvalue weighted by molar-refractivity contribution is 8.23. The van der Waals surface area contributed by atoms with Gasteiger partial charge in [-0.15, -0.1) is 0 Å². The van der Waals surface area contributed by atoms with Crippen molar-refractivity contribution >= 4 is 45.9 Å². The molecule has 0 saturated carbocycles. The summed E-state index contributed by atoms with van der Waals surface area (Å²) in [5, 5.41) is 2.72. The highest BCUT2D eigenvalue weighted by Crippen LogP contribution is 2.31. The van der Waals surface area contributed by atoms with Gasteiger partial charge in [-0.3, -0.25) is 14.9 Å². The zero-order valence-electron chi connectivity index (χ0n) is 16.6. The Labute approximate surface area is 180 Å². The van der Waals surface area contributed by atoms with E-state index in [0.29, 0.717) is 28.4 Å². The zero-order valence-corrected chi connectivity index (χ0v) is 18.2. The summed E-state index contributed by atoms with van der Waals surface area (Å²) in [6.45, 7) is 5.69. The van der Waals surface area contributed by atoms with Gasteiger partial charge in [0.2, 0.25) is 11.9 Å². The van der Waals surface area contributed by atoms with E-state index >= 15 is 0 Å². The van der Waals surface area contributed by atoms with Crippen LogP contribution in [-0.2, 0) is 11.2 Å². The van der Waals surface area contributed by atoms with E-state index in [-0.39, 0.29) is 29.3 Å². The number of thiocarbonyl (C=S) groups is 1. The number of aromatic nitrogens is 2. The third-order valence-electron chi connectivity index (χ3n) is 4.91. The lowest BCUT2D eigenvalue weighted by Crippen LogP contribution is -2.28. The van der Waals surface area contributed by atoms with Crippen LogP contribution in [0.25, 0.3) is 0 Å². The fraction of sp³-hybridized carbons (Fsp3) is 0.381. The Balaban J connectivity index is 1.65. The molecule has 1 aliphatic carbocycles. The number of thioether (sulfide) groups is 1. The van der Waals surface area contributed by atoms with Crippen LogP contribution in [0.4, 0.5) is 5.95 Å². The molecule has 0 bridgehead atoms. The second-order valence-electron chi connectivity index (χ2n) is 6.77. The number of ketones is 1. The summed E-state index contributed by atoms with van der Waals surface area (Å²) in [6.07, 6.45) is 2.62. The highest BCUT2D eigenvalue weighted by atomic mass is 32.2. The molecule has 29 heavy (non-hydrogen) atoms. The second-order valence-corrected chi connectivity index (χ2v) is 8.38. The van der Waals surface area contributed by atoms with Gasteiger partial charge in [0.1, 0.15) is 4.32 Å². The maximum absolute atomic E-state index is 12.5. The Morgan fingerprint density at radius 2 is 1.97 bits per heavy atom. The quantitative estimate of drug-likeness (QED) is 0.703. The van der Waals surface area contributed by atoms with Crippen LogP contribution in [0, 0.1) is 0 Å². The minimum atomic E-state index is -0.216. The smallest absolute Gasteiger partial charge is 0.237 e. The minimum absolute atomic E-state index is 0.0399. The predicted molar refractivity (Wildman–Crippen MR) is 120 cm³/mol. The van der Waals surface area contributed by atoms with Gasteiger partial charge in [0.15, 0.2) is 5.78 Å². The molecule has 0 unspecified atom stereocenters. The largest absolute Gasteiger partial charge is 0.358 e. The molecule has 0 fully saturated rings. The van der Waals surface area contributed by atoms with Crippen molar-refractivity contribution in [3.8, 4) is 0 Å². The maximum atomic E-state index is 12.5. The average molecular weight is 429 g/mol. The number of benzene rings is 1. The van der Waals surface area contributed by atoms with Crippen molar-refractivity contribution in [2.24, 2.45) is 0 Å². The molecule has 1 aromatic heterocycles. The predicted octanol–water partition coefficient (Wildman–Crippen LogP) is 3.69. The molecule has 1 amide bonds. The molecular weight excluding hydrogens is 404 g/mol. The summed E-state index contributed by atoms with van der Waals surface area (Å²) >= 11 is 6.67. The van der Waals surface area contributed by atoms with Gasteiger partial charge in [-0.05, 0) is 31.7 Å². The lowest BCUT2D eigenvalue weighted by Gasteiger charge is -2.23. The van der Waals surface area contributed by atoms with E-state index < -0.39 is 0 Å². The summed E-state index contributed by atoms with van der Waals surface area (Å²) in [7, 11) is 0. The Morgan fingerprint density at radius 3 is 2.66 bits per heavy atom. The summed E-state index contributed by atoms with van der Waals surface area (Å²) in [5.74, 6) is 0.340. The lowest BCUT2D eigenvalue weighted by molar-refractivity contribution is -0.113. The average Bonchev–Trinajstić information content (AvgIpc) is 2.73. The van der Waals surface area contributed by atoms with Gasteiger partial charge in [-0.25, -0.2) is 9.97 Å². The van der Waals surface area contributed by atoms with Gasteiger partial charge in [0, 0.05) is 25.7 Å². The van der Waals surface area contributed by atoms with Crippen molar-refractivity contribution in [3.63, 3.8) is 0 Å². The van der Waals surface area contributed by atoms with E-state index in [1.807, 2.05) is 49.1 Å². The van der Waals surface area contributed by atoms with Crippen LogP contribution in [0.15, 0.2) is 36.5 Å². The lowest BCUT2D eigenvalue weighted by atomic mass is 9.82. The highest BCUT2D eigenvalue weighted by Gasteiger charge is 2.28. The summed E-state index contributed by atoms with van der Waals surface area (Å²) < 4.78 is 0.702. The Kier molecular flexibility index (Phi) is 7.33. The number of hydrogen-bond acceptors (Lipinski definition) is 6. The second kappa shape index (κ2) is 9.93. The van der Waals surface area contributed by atoms with E-state index in [2.05, 4.69) is 15.3 Å². The first-order valence-electron chi connectivity index (χ1n) is 9.67. The van der Waals surface area contributed by atoms with Crippen LogP contribution >= 0.6 is 24.0 Å². The number of rotatable bonds is 6. The third-order valence-corrected chi connectivity index (χ3v) is 6.43. The van der Waals surface area contributed by atoms with Crippen LogP contribution in [0.5, 0.6) is 0 Å². The van der Waals surface area contributed by atoms with Crippen LogP contribution in [0.1, 0.15) is 47.8 Å². The molecule has 1 N–H and O–H groups in total. The van der Waals surface area contributed by atoms with E-state index in [1.165, 1.54) is 18.0 Å². The van der Waals surface area contributed by atoms with Gasteiger partial charge in [-0.1, -0.05) is 54.3 Å². The van der Waals surface area contributed by atoms with Gasteiger partial charge in [0.25, 0.3) is 0 Å². The number of carbonyl (C=O) groups excluding carboxylic acids is 2. The molecule has 2 aromatic rings. The number of amides is 1. The number of Topliss-reactive ketones (excluding diaryl/α,β-unsaturated/α-hetero) is 1. The monoisotopic (exact) mass is 428 g/mol. The minimum Gasteiger partial charge on any atom is -0.358 e. The first kappa shape index (κ1) is 21.4. The number of nitrogens with one attached hydrogen (secondary N) is 1. The molecule has 0 radical (unpaired) electrons. The Bertz CT molecular complexity index is 901. The van der Waals surface area contributed by atoms with E-state index in [1.54, 1.807) is 0 Å². The van der Waals surface area contributed by atoms with E-state index in [0.717, 1.165) is 18.7 Å². The number of fused-ring (bicyclic) bond motifs is 1. The van der Waals surface area contributed by atoms with Crippen LogP contribution in [0.3, 0.4) is 0 Å². The van der Waals surface area contributed by atoms with Gasteiger partial charge < -0.3 is 4.90 Å². The summed E-state index contributed by atoms with van der Waals surface area (Å²) in [5.41, 5.74) is 2.36. The maximum Gasteiger partial charge on any atom is 0.237 e. The van der Waals surface area contributed by atoms with Crippen molar-refractivity contribution in [2.45, 2.75) is 32.6 Å².